The van der Waals surface area contributed by atoms with Gasteiger partial charge in [0.05, 0.1) is 6.61 Å². The van der Waals surface area contributed by atoms with E-state index in [0.717, 1.165) is 22.6 Å². The normalized spacial score (nSPS) is 10.4. The number of rotatable bonds is 3. The first-order valence-corrected chi connectivity index (χ1v) is 6.05. The Balaban J connectivity index is 2.28. The second-order valence-corrected chi connectivity index (χ2v) is 4.68. The summed E-state index contributed by atoms with van der Waals surface area (Å²) in [6, 6.07) is 11.9. The van der Waals surface area contributed by atoms with E-state index < -0.39 is 0 Å². The Hall–Kier alpha value is -1.80. The Morgan fingerprint density at radius 2 is 1.61 bits per heavy atom. The largest absolute Gasteiger partial charge is 0.457 e. The van der Waals surface area contributed by atoms with Crippen LogP contribution in [-0.2, 0) is 6.61 Å². The quantitative estimate of drug-likeness (QED) is 0.884. The summed E-state index contributed by atoms with van der Waals surface area (Å²) in [7, 11) is 0. The molecule has 0 radical (unpaired) electrons. The highest BCUT2D eigenvalue weighted by atomic mass is 16.5. The Bertz CT molecular complexity index is 539. The molecule has 2 heteroatoms. The van der Waals surface area contributed by atoms with Gasteiger partial charge < -0.3 is 9.84 Å². The predicted molar refractivity (Wildman–Crippen MR) is 73.1 cm³/mol. The van der Waals surface area contributed by atoms with Crippen molar-refractivity contribution < 1.29 is 9.84 Å². The average molecular weight is 242 g/mol. The number of benzene rings is 2. The van der Waals surface area contributed by atoms with Crippen molar-refractivity contribution in [3.63, 3.8) is 0 Å². The van der Waals surface area contributed by atoms with Crippen molar-refractivity contribution in [2.75, 3.05) is 0 Å². The van der Waals surface area contributed by atoms with Gasteiger partial charge >= 0.3 is 0 Å². The van der Waals surface area contributed by atoms with E-state index in [1.807, 2.05) is 37.3 Å². The number of aliphatic hydroxyl groups excluding tert-OH is 1. The molecular weight excluding hydrogens is 224 g/mol. The first-order valence-electron chi connectivity index (χ1n) is 6.05. The summed E-state index contributed by atoms with van der Waals surface area (Å²) in [4.78, 5) is 0. The van der Waals surface area contributed by atoms with E-state index in [2.05, 4.69) is 19.9 Å². The fraction of sp³-hybridized carbons (Fsp3) is 0.250. The van der Waals surface area contributed by atoms with Gasteiger partial charge in [0.2, 0.25) is 0 Å². The molecule has 18 heavy (non-hydrogen) atoms. The van der Waals surface area contributed by atoms with Gasteiger partial charge in [0.15, 0.2) is 0 Å². The lowest BCUT2D eigenvalue weighted by atomic mass is 10.1. The summed E-state index contributed by atoms with van der Waals surface area (Å²) in [5.41, 5.74) is 4.31. The van der Waals surface area contributed by atoms with Gasteiger partial charge in [0.25, 0.3) is 0 Å². The Morgan fingerprint density at radius 3 is 2.17 bits per heavy atom. The van der Waals surface area contributed by atoms with Crippen molar-refractivity contribution in [3.05, 3.63) is 58.7 Å². The molecule has 0 aromatic heterocycles. The van der Waals surface area contributed by atoms with Crippen molar-refractivity contribution in [2.24, 2.45) is 0 Å². The molecule has 0 atom stereocenters. The molecule has 2 nitrogen and oxygen atoms in total. The van der Waals surface area contributed by atoms with Gasteiger partial charge in [-0.1, -0.05) is 18.2 Å². The third kappa shape index (κ3) is 2.90. The van der Waals surface area contributed by atoms with Crippen LogP contribution in [0.15, 0.2) is 36.4 Å². The van der Waals surface area contributed by atoms with Gasteiger partial charge in [-0.05, 0) is 61.2 Å². The van der Waals surface area contributed by atoms with Gasteiger partial charge in [-0.25, -0.2) is 0 Å². The highest BCUT2D eigenvalue weighted by Crippen LogP contribution is 2.27. The minimum atomic E-state index is 0.0602. The third-order valence-electron chi connectivity index (χ3n) is 2.84. The van der Waals surface area contributed by atoms with Crippen LogP contribution in [0, 0.1) is 20.8 Å². The molecule has 1 N–H and O–H groups in total. The molecule has 0 bridgehead atoms. The second-order valence-electron chi connectivity index (χ2n) is 4.68. The van der Waals surface area contributed by atoms with Crippen LogP contribution in [0.25, 0.3) is 0 Å². The highest BCUT2D eigenvalue weighted by molar-refractivity contribution is 5.41. The molecule has 0 fully saturated rings. The Morgan fingerprint density at radius 1 is 0.944 bits per heavy atom. The monoisotopic (exact) mass is 242 g/mol. The summed E-state index contributed by atoms with van der Waals surface area (Å²) in [6.07, 6.45) is 0. The van der Waals surface area contributed by atoms with E-state index >= 15 is 0 Å². The number of aliphatic hydroxyl groups is 1. The van der Waals surface area contributed by atoms with Crippen LogP contribution in [0.2, 0.25) is 0 Å². The summed E-state index contributed by atoms with van der Waals surface area (Å²) in [5.74, 6) is 1.68. The van der Waals surface area contributed by atoms with E-state index in [1.165, 1.54) is 11.1 Å². The van der Waals surface area contributed by atoms with Crippen LogP contribution in [0.4, 0.5) is 0 Å². The van der Waals surface area contributed by atoms with Gasteiger partial charge in [-0.3, -0.25) is 0 Å². The fourth-order valence-corrected chi connectivity index (χ4v) is 2.04. The van der Waals surface area contributed by atoms with Gasteiger partial charge in [0, 0.05) is 0 Å². The van der Waals surface area contributed by atoms with Crippen molar-refractivity contribution in [2.45, 2.75) is 27.4 Å². The SMILES string of the molecule is Cc1cc(C)cc(Oc2ccc(CO)cc2C)c1. The first-order chi connectivity index (χ1) is 8.58. The minimum absolute atomic E-state index is 0.0602. The average Bonchev–Trinajstić information content (AvgIpc) is 2.30. The van der Waals surface area contributed by atoms with Crippen LogP contribution in [-0.4, -0.2) is 5.11 Å². The molecule has 0 heterocycles. The maximum Gasteiger partial charge on any atom is 0.130 e. The fourth-order valence-electron chi connectivity index (χ4n) is 2.04. The van der Waals surface area contributed by atoms with Crippen LogP contribution >= 0.6 is 0 Å². The predicted octanol–water partition coefficient (Wildman–Crippen LogP) is 3.90. The molecular formula is C16H18O2. The minimum Gasteiger partial charge on any atom is -0.457 e. The van der Waals surface area contributed by atoms with E-state index in [1.54, 1.807) is 0 Å². The van der Waals surface area contributed by atoms with E-state index in [0.29, 0.717) is 0 Å². The zero-order valence-electron chi connectivity index (χ0n) is 11.0. The molecule has 0 aliphatic heterocycles. The van der Waals surface area contributed by atoms with Crippen LogP contribution in [0.1, 0.15) is 22.3 Å². The number of hydrogen-bond donors (Lipinski definition) is 1. The van der Waals surface area contributed by atoms with Crippen molar-refractivity contribution >= 4 is 0 Å². The van der Waals surface area contributed by atoms with E-state index in [-0.39, 0.29) is 6.61 Å². The molecule has 94 valence electrons. The molecule has 2 rings (SSSR count). The number of hydrogen-bond acceptors (Lipinski definition) is 2. The van der Waals surface area contributed by atoms with Crippen LogP contribution in [0.3, 0.4) is 0 Å². The van der Waals surface area contributed by atoms with E-state index in [9.17, 15) is 0 Å². The highest BCUT2D eigenvalue weighted by Gasteiger charge is 2.03. The number of ether oxygens (including phenoxy) is 1. The molecule has 0 aliphatic rings. The molecule has 2 aromatic rings. The topological polar surface area (TPSA) is 29.5 Å². The van der Waals surface area contributed by atoms with Crippen molar-refractivity contribution in [1.29, 1.82) is 0 Å². The van der Waals surface area contributed by atoms with Gasteiger partial charge in [0.1, 0.15) is 11.5 Å². The molecule has 0 amide bonds. The van der Waals surface area contributed by atoms with Crippen LogP contribution < -0.4 is 4.74 Å². The smallest absolute Gasteiger partial charge is 0.130 e. The second kappa shape index (κ2) is 5.23. The zero-order chi connectivity index (χ0) is 13.1. The maximum atomic E-state index is 9.07. The summed E-state index contributed by atoms with van der Waals surface area (Å²) in [5, 5.41) is 9.07. The summed E-state index contributed by atoms with van der Waals surface area (Å²) >= 11 is 0. The Labute approximate surface area is 108 Å². The van der Waals surface area contributed by atoms with Crippen molar-refractivity contribution in [1.82, 2.24) is 0 Å². The molecule has 0 aliphatic carbocycles. The van der Waals surface area contributed by atoms with Gasteiger partial charge in [-0.2, -0.15) is 0 Å². The lowest BCUT2D eigenvalue weighted by molar-refractivity contribution is 0.281. The molecule has 0 unspecified atom stereocenters. The van der Waals surface area contributed by atoms with Crippen LogP contribution in [0.5, 0.6) is 11.5 Å². The molecule has 0 saturated carbocycles. The summed E-state index contributed by atoms with van der Waals surface area (Å²) < 4.78 is 5.89. The van der Waals surface area contributed by atoms with Crippen molar-refractivity contribution in [3.8, 4) is 11.5 Å². The molecule has 0 saturated heterocycles. The molecule has 0 spiro atoms. The lowest BCUT2D eigenvalue weighted by Crippen LogP contribution is -1.91. The van der Waals surface area contributed by atoms with E-state index in [4.69, 9.17) is 9.84 Å². The Kier molecular flexibility index (Phi) is 3.68. The first kappa shape index (κ1) is 12.7. The zero-order valence-corrected chi connectivity index (χ0v) is 11.0. The third-order valence-corrected chi connectivity index (χ3v) is 2.84. The lowest BCUT2D eigenvalue weighted by Gasteiger charge is -2.11. The standard InChI is InChI=1S/C16H18O2/c1-11-6-12(2)8-15(7-11)18-16-5-4-14(10-17)9-13(16)3/h4-9,17H,10H2,1-3H3. The summed E-state index contributed by atoms with van der Waals surface area (Å²) in [6.45, 7) is 6.16. The van der Waals surface area contributed by atoms with Gasteiger partial charge in [-0.15, -0.1) is 0 Å². The maximum absolute atomic E-state index is 9.07. The number of aryl methyl sites for hydroxylation is 3. The molecule has 2 aromatic carbocycles.